The molecule has 0 bridgehead atoms. The second kappa shape index (κ2) is 7.98. The second-order valence-corrected chi connectivity index (χ2v) is 6.26. The van der Waals surface area contributed by atoms with Gasteiger partial charge in [-0.3, -0.25) is 4.79 Å². The maximum atomic E-state index is 12.3. The summed E-state index contributed by atoms with van der Waals surface area (Å²) in [6.45, 7) is 1.02. The summed E-state index contributed by atoms with van der Waals surface area (Å²) >= 11 is 1.01. The number of hydrogen-bond acceptors (Lipinski definition) is 7. The van der Waals surface area contributed by atoms with Crippen molar-refractivity contribution in [2.45, 2.75) is 6.54 Å². The molecule has 8 nitrogen and oxygen atoms in total. The lowest BCUT2D eigenvalue weighted by atomic mass is 10.2. The normalized spacial score (nSPS) is 10.7. The van der Waals surface area contributed by atoms with Crippen molar-refractivity contribution in [1.29, 1.82) is 0 Å². The van der Waals surface area contributed by atoms with Crippen molar-refractivity contribution in [3.63, 3.8) is 0 Å². The molecule has 3 rings (SSSR count). The number of fused-ring (bicyclic) bond motifs is 1. The van der Waals surface area contributed by atoms with E-state index in [0.717, 1.165) is 21.1 Å². The molecule has 136 valence electrons. The van der Waals surface area contributed by atoms with Crippen molar-refractivity contribution in [3.8, 4) is 11.5 Å². The molecule has 3 N–H and O–H groups in total. The monoisotopic (exact) mass is 374 g/mol. The van der Waals surface area contributed by atoms with Gasteiger partial charge < -0.3 is 20.5 Å². The number of ether oxygens (including phenoxy) is 2. The number of rotatable bonds is 6. The van der Waals surface area contributed by atoms with Gasteiger partial charge in [0, 0.05) is 19.3 Å². The molecular weight excluding hydrogens is 356 g/mol. The van der Waals surface area contributed by atoms with Crippen LogP contribution >= 0.6 is 11.5 Å². The fraction of sp³-hybridized carbons (Fsp3) is 0.235. The van der Waals surface area contributed by atoms with Gasteiger partial charge in [0.25, 0.3) is 5.56 Å². The summed E-state index contributed by atoms with van der Waals surface area (Å²) in [5.41, 5.74) is 5.86. The third kappa shape index (κ3) is 3.68. The SMILES string of the molecule is COc1cc(CNC(=O)n2sc3ncccc3c2=O)ccc1OCCN. The van der Waals surface area contributed by atoms with Crippen LogP contribution in [0.25, 0.3) is 10.2 Å². The number of aromatic nitrogens is 2. The van der Waals surface area contributed by atoms with Gasteiger partial charge in [0.15, 0.2) is 11.5 Å². The zero-order valence-electron chi connectivity index (χ0n) is 14.1. The van der Waals surface area contributed by atoms with Crippen molar-refractivity contribution in [3.05, 3.63) is 52.4 Å². The number of carbonyl (C=O) groups is 1. The third-order valence-electron chi connectivity index (χ3n) is 3.60. The number of amides is 1. The minimum atomic E-state index is -0.500. The Balaban J connectivity index is 1.72. The van der Waals surface area contributed by atoms with Crippen LogP contribution in [-0.4, -0.2) is 35.2 Å². The number of methoxy groups -OCH3 is 1. The van der Waals surface area contributed by atoms with E-state index in [1.807, 2.05) is 6.07 Å². The lowest BCUT2D eigenvalue weighted by molar-refractivity contribution is 0.243. The topological polar surface area (TPSA) is 108 Å². The minimum absolute atomic E-state index is 0.237. The first-order valence-corrected chi connectivity index (χ1v) is 8.66. The Hall–Kier alpha value is -2.91. The Morgan fingerprint density at radius 1 is 1.35 bits per heavy atom. The zero-order chi connectivity index (χ0) is 18.5. The molecule has 0 aliphatic carbocycles. The van der Waals surface area contributed by atoms with Crippen molar-refractivity contribution in [1.82, 2.24) is 14.3 Å². The summed E-state index contributed by atoms with van der Waals surface area (Å²) < 4.78 is 11.8. The molecule has 0 aliphatic heterocycles. The van der Waals surface area contributed by atoms with Crippen LogP contribution in [-0.2, 0) is 6.54 Å². The van der Waals surface area contributed by atoms with Crippen LogP contribution in [0.5, 0.6) is 11.5 Å². The van der Waals surface area contributed by atoms with Crippen LogP contribution in [0.3, 0.4) is 0 Å². The molecule has 0 spiro atoms. The molecular formula is C17H18N4O4S. The number of carbonyl (C=O) groups excluding carboxylic acids is 1. The van der Waals surface area contributed by atoms with E-state index < -0.39 is 6.03 Å². The fourth-order valence-corrected chi connectivity index (χ4v) is 3.22. The summed E-state index contributed by atoms with van der Waals surface area (Å²) in [5, 5.41) is 3.15. The van der Waals surface area contributed by atoms with E-state index in [4.69, 9.17) is 15.2 Å². The van der Waals surface area contributed by atoms with Gasteiger partial charge >= 0.3 is 6.03 Å². The molecule has 0 atom stereocenters. The number of hydrogen-bond donors (Lipinski definition) is 2. The standard InChI is InChI=1S/C17H18N4O4S/c1-24-14-9-11(4-5-13(14)25-8-6-18)10-20-17(23)21-16(22)12-3-2-7-19-15(12)26-21/h2-5,7,9H,6,8,10,18H2,1H3,(H,20,23). The fourth-order valence-electron chi connectivity index (χ4n) is 2.36. The van der Waals surface area contributed by atoms with Crippen LogP contribution in [0, 0.1) is 0 Å². The smallest absolute Gasteiger partial charge is 0.338 e. The maximum absolute atomic E-state index is 12.3. The lowest BCUT2D eigenvalue weighted by Gasteiger charge is -2.12. The maximum Gasteiger partial charge on any atom is 0.338 e. The molecule has 2 aromatic heterocycles. The summed E-state index contributed by atoms with van der Waals surface area (Å²) in [5.74, 6) is 1.13. The highest BCUT2D eigenvalue weighted by Crippen LogP contribution is 2.28. The molecule has 2 heterocycles. The summed E-state index contributed by atoms with van der Waals surface area (Å²) in [4.78, 5) is 29.2. The molecule has 26 heavy (non-hydrogen) atoms. The van der Waals surface area contributed by atoms with Crippen molar-refractivity contribution >= 4 is 27.8 Å². The Labute approximate surface area is 153 Å². The number of nitrogens with one attached hydrogen (secondary N) is 1. The number of benzene rings is 1. The van der Waals surface area contributed by atoms with E-state index in [0.29, 0.717) is 34.9 Å². The first kappa shape index (κ1) is 17.9. The molecule has 0 saturated heterocycles. The van der Waals surface area contributed by atoms with Crippen LogP contribution in [0.4, 0.5) is 4.79 Å². The second-order valence-electron chi connectivity index (χ2n) is 5.33. The van der Waals surface area contributed by atoms with Gasteiger partial charge in [-0.1, -0.05) is 6.07 Å². The van der Waals surface area contributed by atoms with Gasteiger partial charge in [-0.25, -0.2) is 9.78 Å². The number of nitrogens with zero attached hydrogens (tertiary/aromatic N) is 2. The predicted molar refractivity (Wildman–Crippen MR) is 99.1 cm³/mol. The molecule has 0 aliphatic rings. The Kier molecular flexibility index (Phi) is 5.49. The quantitative estimate of drug-likeness (QED) is 0.678. The zero-order valence-corrected chi connectivity index (χ0v) is 14.9. The van der Waals surface area contributed by atoms with Gasteiger partial charge in [-0.15, -0.1) is 0 Å². The van der Waals surface area contributed by atoms with Crippen LogP contribution in [0.1, 0.15) is 5.56 Å². The summed E-state index contributed by atoms with van der Waals surface area (Å²) in [6, 6.07) is 8.15. The molecule has 0 fully saturated rings. The van der Waals surface area contributed by atoms with Crippen LogP contribution in [0.2, 0.25) is 0 Å². The van der Waals surface area contributed by atoms with Crippen LogP contribution < -0.4 is 26.1 Å². The molecule has 3 aromatic rings. The van der Waals surface area contributed by atoms with Gasteiger partial charge in [0.1, 0.15) is 11.4 Å². The Bertz CT molecular complexity index is 982. The van der Waals surface area contributed by atoms with E-state index >= 15 is 0 Å². The first-order valence-electron chi connectivity index (χ1n) is 7.89. The molecule has 0 unspecified atom stereocenters. The summed E-state index contributed by atoms with van der Waals surface area (Å²) in [7, 11) is 1.54. The van der Waals surface area contributed by atoms with E-state index in [1.165, 1.54) is 7.11 Å². The summed E-state index contributed by atoms with van der Waals surface area (Å²) in [6.07, 6.45) is 1.58. The van der Waals surface area contributed by atoms with E-state index in [9.17, 15) is 9.59 Å². The van der Waals surface area contributed by atoms with Crippen molar-refractivity contribution in [2.75, 3.05) is 20.3 Å². The van der Waals surface area contributed by atoms with E-state index in [2.05, 4.69) is 10.3 Å². The van der Waals surface area contributed by atoms with Gasteiger partial charge in [0.05, 0.1) is 12.5 Å². The highest BCUT2D eigenvalue weighted by Gasteiger charge is 2.14. The largest absolute Gasteiger partial charge is 0.493 e. The highest BCUT2D eigenvalue weighted by molar-refractivity contribution is 7.14. The molecule has 1 aromatic carbocycles. The van der Waals surface area contributed by atoms with E-state index in [1.54, 1.807) is 30.5 Å². The Morgan fingerprint density at radius 2 is 2.19 bits per heavy atom. The van der Waals surface area contributed by atoms with E-state index in [-0.39, 0.29) is 12.1 Å². The Morgan fingerprint density at radius 3 is 2.92 bits per heavy atom. The predicted octanol–water partition coefficient (Wildman–Crippen LogP) is 1.56. The first-order chi connectivity index (χ1) is 12.6. The van der Waals surface area contributed by atoms with Gasteiger partial charge in [0.2, 0.25) is 0 Å². The van der Waals surface area contributed by atoms with Crippen molar-refractivity contribution in [2.24, 2.45) is 5.73 Å². The molecule has 9 heteroatoms. The third-order valence-corrected chi connectivity index (χ3v) is 4.61. The highest BCUT2D eigenvalue weighted by atomic mass is 32.1. The van der Waals surface area contributed by atoms with Crippen molar-refractivity contribution < 1.29 is 14.3 Å². The average molecular weight is 374 g/mol. The average Bonchev–Trinajstić information content (AvgIpc) is 3.01. The van der Waals surface area contributed by atoms with Gasteiger partial charge in [-0.05, 0) is 41.4 Å². The molecule has 1 amide bonds. The molecule has 0 saturated carbocycles. The minimum Gasteiger partial charge on any atom is -0.493 e. The lowest BCUT2D eigenvalue weighted by Crippen LogP contribution is -2.32. The molecule has 0 radical (unpaired) electrons. The number of pyridine rings is 1. The van der Waals surface area contributed by atoms with Crippen LogP contribution in [0.15, 0.2) is 41.3 Å². The number of nitrogens with two attached hydrogens (primary N) is 1. The van der Waals surface area contributed by atoms with Gasteiger partial charge in [-0.2, -0.15) is 3.96 Å².